The highest BCUT2D eigenvalue weighted by Gasteiger charge is 2.44. The second-order valence-corrected chi connectivity index (χ2v) is 16.8. The quantitative estimate of drug-likeness (QED) is 0.341. The molecule has 47 heavy (non-hydrogen) atoms. The number of nitrogens with zero attached hydrogens (tertiary/aromatic N) is 2. The van der Waals surface area contributed by atoms with Crippen molar-refractivity contribution in [3.63, 3.8) is 0 Å². The van der Waals surface area contributed by atoms with E-state index in [-0.39, 0.29) is 23.2 Å². The zero-order chi connectivity index (χ0) is 32.6. The van der Waals surface area contributed by atoms with Crippen LogP contribution in [0.5, 0.6) is 5.75 Å². The molecule has 252 valence electrons. The van der Waals surface area contributed by atoms with Crippen molar-refractivity contribution in [3.05, 3.63) is 70.3 Å². The van der Waals surface area contributed by atoms with E-state index in [1.54, 1.807) is 13.2 Å². The van der Waals surface area contributed by atoms with Gasteiger partial charge in [-0.2, -0.15) is 0 Å². The lowest BCUT2D eigenvalue weighted by molar-refractivity contribution is -0.119. The van der Waals surface area contributed by atoms with Gasteiger partial charge in [0.1, 0.15) is 15.7 Å². The number of amides is 2. The zero-order valence-corrected chi connectivity index (χ0v) is 28.8. The van der Waals surface area contributed by atoms with Crippen LogP contribution in [0.1, 0.15) is 85.7 Å². The number of fused-ring (bicyclic) bond motifs is 4. The Morgan fingerprint density at radius 2 is 2.04 bits per heavy atom. The van der Waals surface area contributed by atoms with Crippen LogP contribution in [0.2, 0.25) is 5.02 Å². The lowest BCUT2D eigenvalue weighted by Crippen LogP contribution is -2.49. The van der Waals surface area contributed by atoms with E-state index in [9.17, 15) is 13.8 Å². The Labute approximate surface area is 283 Å². The van der Waals surface area contributed by atoms with Crippen molar-refractivity contribution in [2.45, 2.75) is 82.1 Å². The molecule has 2 saturated carbocycles. The minimum absolute atomic E-state index is 0.0139. The Hall–Kier alpha value is -2.88. The van der Waals surface area contributed by atoms with E-state index in [0.717, 1.165) is 80.9 Å². The molecule has 10 heteroatoms. The third kappa shape index (κ3) is 7.13. The molecule has 8 nitrogen and oxygen atoms in total. The second-order valence-electron chi connectivity index (χ2n) is 14.3. The van der Waals surface area contributed by atoms with Crippen molar-refractivity contribution in [1.82, 2.24) is 4.72 Å². The summed E-state index contributed by atoms with van der Waals surface area (Å²) in [6.45, 7) is 2.08. The molecule has 2 aromatic rings. The molecular formula is C37H46ClN3O5S. The number of hydrogen-bond acceptors (Lipinski definition) is 6. The van der Waals surface area contributed by atoms with Crippen LogP contribution < -0.4 is 14.4 Å². The minimum Gasteiger partial charge on any atom is -0.490 e. The molecule has 2 aromatic carbocycles. The third-order valence-electron chi connectivity index (χ3n) is 11.0. The molecule has 1 unspecified atom stereocenters. The van der Waals surface area contributed by atoms with Gasteiger partial charge < -0.3 is 14.4 Å². The largest absolute Gasteiger partial charge is 0.490 e. The average molecular weight is 680 g/mol. The maximum Gasteiger partial charge on any atom is 0.286 e. The molecule has 0 saturated heterocycles. The number of hydrogen-bond donors (Lipinski definition) is 1. The van der Waals surface area contributed by atoms with Gasteiger partial charge >= 0.3 is 0 Å². The molecule has 7 rings (SSSR count). The SMILES string of the molecule is CO[C@H]1/C=C\CCCS(=O)(NC(=O)CCC2CC2)=NC(=O)c2ccc3c(c2)N(C[C@@H]2CC[C@H]21)C[C@@]1(CCCc2cc(Cl)ccc21)CO3. The Bertz CT molecular complexity index is 1680. The number of ether oxygens (including phenoxy) is 2. The van der Waals surface area contributed by atoms with Crippen LogP contribution in [-0.2, 0) is 31.3 Å². The van der Waals surface area contributed by atoms with E-state index in [0.29, 0.717) is 49.2 Å². The minimum atomic E-state index is -3.32. The Kier molecular flexibility index (Phi) is 9.42. The predicted molar refractivity (Wildman–Crippen MR) is 185 cm³/mol. The first kappa shape index (κ1) is 32.7. The molecule has 5 aliphatic rings. The van der Waals surface area contributed by atoms with E-state index in [1.165, 1.54) is 11.1 Å². The van der Waals surface area contributed by atoms with Crippen LogP contribution in [0.4, 0.5) is 5.69 Å². The van der Waals surface area contributed by atoms with Gasteiger partial charge in [-0.3, -0.25) is 14.3 Å². The third-order valence-corrected chi connectivity index (χ3v) is 13.1. The van der Waals surface area contributed by atoms with E-state index in [2.05, 4.69) is 38.3 Å². The van der Waals surface area contributed by atoms with Crippen molar-refractivity contribution in [3.8, 4) is 5.75 Å². The van der Waals surface area contributed by atoms with Crippen molar-refractivity contribution in [1.29, 1.82) is 0 Å². The summed E-state index contributed by atoms with van der Waals surface area (Å²) in [7, 11) is -1.54. The molecular weight excluding hydrogens is 634 g/mol. The summed E-state index contributed by atoms with van der Waals surface area (Å²) < 4.78 is 33.7. The molecule has 1 spiro atoms. The van der Waals surface area contributed by atoms with Gasteiger partial charge in [0.2, 0.25) is 5.91 Å². The smallest absolute Gasteiger partial charge is 0.286 e. The first-order chi connectivity index (χ1) is 22.7. The zero-order valence-electron chi connectivity index (χ0n) is 27.3. The lowest BCUT2D eigenvalue weighted by atomic mass is 9.68. The molecule has 2 bridgehead atoms. The van der Waals surface area contributed by atoms with Gasteiger partial charge in [0.05, 0.1) is 24.2 Å². The molecule has 2 amide bonds. The summed E-state index contributed by atoms with van der Waals surface area (Å²) in [4.78, 5) is 29.0. The van der Waals surface area contributed by atoms with Gasteiger partial charge in [0.15, 0.2) is 0 Å². The Balaban J connectivity index is 1.26. The Morgan fingerprint density at radius 1 is 1.17 bits per heavy atom. The number of allylic oxidation sites excluding steroid dienone is 1. The van der Waals surface area contributed by atoms with Crippen molar-refractivity contribution in [2.75, 3.05) is 37.5 Å². The van der Waals surface area contributed by atoms with Crippen LogP contribution in [0, 0.1) is 17.8 Å². The fraction of sp³-hybridized carbons (Fsp3) is 0.568. The molecule has 5 atom stereocenters. The Morgan fingerprint density at radius 3 is 2.83 bits per heavy atom. The molecule has 2 aliphatic heterocycles. The number of aryl methyl sites for hydroxylation is 1. The fourth-order valence-electron chi connectivity index (χ4n) is 8.08. The molecule has 2 heterocycles. The monoisotopic (exact) mass is 679 g/mol. The predicted octanol–water partition coefficient (Wildman–Crippen LogP) is 7.03. The summed E-state index contributed by atoms with van der Waals surface area (Å²) >= 11 is 6.44. The summed E-state index contributed by atoms with van der Waals surface area (Å²) in [5.74, 6) is 1.32. The number of carbonyl (C=O) groups excluding carboxylic acids is 2. The standard InChI is InChI=1S/C37H46ClN3O5S/c1-45-33-7-3-2-4-19-47(44,39-35(42)17-10-25-8-9-25)40-36(43)27-12-16-34-32(21-27)41(22-28-11-14-30(28)33)23-37(24-46-34)18-5-6-26-20-29(38)13-15-31(26)37/h3,7,12-13,15-16,20-21,25,28,30,33H,2,4-6,8-11,14,17-19,22-24H2,1H3,(H,39,40,42,43,44)/b7-3-/t28-,30+,33-,37-,47?/m0/s1. The first-order valence-electron chi connectivity index (χ1n) is 17.3. The number of anilines is 1. The van der Waals surface area contributed by atoms with Crippen molar-refractivity contribution < 1.29 is 23.3 Å². The van der Waals surface area contributed by atoms with Gasteiger partial charge in [-0.15, -0.1) is 4.36 Å². The van der Waals surface area contributed by atoms with Crippen LogP contribution in [-0.4, -0.2) is 54.7 Å². The number of nitrogens with one attached hydrogen (secondary N) is 1. The van der Waals surface area contributed by atoms with E-state index >= 15 is 0 Å². The summed E-state index contributed by atoms with van der Waals surface area (Å²) in [6.07, 6.45) is 14.0. The number of halogens is 1. The van der Waals surface area contributed by atoms with Crippen LogP contribution >= 0.6 is 11.6 Å². The van der Waals surface area contributed by atoms with E-state index in [4.69, 9.17) is 21.1 Å². The normalized spacial score (nSPS) is 31.3. The summed E-state index contributed by atoms with van der Waals surface area (Å²) in [5.41, 5.74) is 3.54. The van der Waals surface area contributed by atoms with E-state index in [1.807, 2.05) is 18.2 Å². The highest BCUT2D eigenvalue weighted by molar-refractivity contribution is 7.92. The molecule has 3 aliphatic carbocycles. The van der Waals surface area contributed by atoms with Crippen molar-refractivity contribution in [2.24, 2.45) is 22.1 Å². The van der Waals surface area contributed by atoms with Gasteiger partial charge in [-0.1, -0.05) is 42.7 Å². The molecule has 0 aromatic heterocycles. The van der Waals surface area contributed by atoms with Gasteiger partial charge in [-0.05, 0) is 111 Å². The first-order valence-corrected chi connectivity index (χ1v) is 19.4. The number of rotatable bonds is 5. The van der Waals surface area contributed by atoms with Crippen LogP contribution in [0.3, 0.4) is 0 Å². The van der Waals surface area contributed by atoms with Crippen LogP contribution in [0.25, 0.3) is 0 Å². The van der Waals surface area contributed by atoms with Gasteiger partial charge in [0.25, 0.3) is 5.91 Å². The molecule has 1 N–H and O–H groups in total. The number of methoxy groups -OCH3 is 1. The second kappa shape index (κ2) is 13.6. The highest BCUT2D eigenvalue weighted by atomic mass is 35.5. The average Bonchev–Trinajstić information content (AvgIpc) is 3.88. The molecule has 0 radical (unpaired) electrons. The fourth-order valence-corrected chi connectivity index (χ4v) is 9.91. The summed E-state index contributed by atoms with van der Waals surface area (Å²) in [6, 6.07) is 11.7. The van der Waals surface area contributed by atoms with E-state index < -0.39 is 15.8 Å². The maximum absolute atomic E-state index is 14.1. The highest BCUT2D eigenvalue weighted by Crippen LogP contribution is 2.47. The summed E-state index contributed by atoms with van der Waals surface area (Å²) in [5, 5.41) is 0.752. The van der Waals surface area contributed by atoms with Crippen molar-refractivity contribution >= 4 is 39.0 Å². The number of carbonyl (C=O) groups is 2. The maximum atomic E-state index is 14.1. The molecule has 2 fully saturated rings. The van der Waals surface area contributed by atoms with Gasteiger partial charge in [-0.25, -0.2) is 4.21 Å². The topological polar surface area (TPSA) is 97.3 Å². The lowest BCUT2D eigenvalue weighted by Gasteiger charge is -2.46. The van der Waals surface area contributed by atoms with Gasteiger partial charge in [0, 0.05) is 42.6 Å². The van der Waals surface area contributed by atoms with Crippen LogP contribution in [0.15, 0.2) is 52.9 Å². The number of benzene rings is 2.